The number of hydrogen-bond donors (Lipinski definition) is 1. The average molecular weight is 325 g/mol. The third-order valence-corrected chi connectivity index (χ3v) is 5.57. The molecule has 0 saturated heterocycles. The van der Waals surface area contributed by atoms with Crippen molar-refractivity contribution in [3.8, 4) is 0 Å². The molecule has 21 heavy (non-hydrogen) atoms. The van der Waals surface area contributed by atoms with Gasteiger partial charge < -0.3 is 9.67 Å². The van der Waals surface area contributed by atoms with E-state index in [0.717, 1.165) is 35.5 Å². The predicted octanol–water partition coefficient (Wildman–Crippen LogP) is 4.16. The van der Waals surface area contributed by atoms with Crippen LogP contribution in [-0.4, -0.2) is 26.4 Å². The van der Waals surface area contributed by atoms with Gasteiger partial charge in [0.1, 0.15) is 5.52 Å². The van der Waals surface area contributed by atoms with Gasteiger partial charge in [0.05, 0.1) is 16.3 Å². The number of benzene rings is 1. The van der Waals surface area contributed by atoms with E-state index in [9.17, 15) is 4.79 Å². The lowest BCUT2D eigenvalue weighted by atomic mass is 9.74. The van der Waals surface area contributed by atoms with Crippen LogP contribution < -0.4 is 0 Å². The van der Waals surface area contributed by atoms with Gasteiger partial charge in [-0.25, -0.2) is 4.98 Å². The van der Waals surface area contributed by atoms with Crippen LogP contribution in [0.5, 0.6) is 0 Å². The molecule has 1 aromatic carbocycles. The van der Waals surface area contributed by atoms with Crippen molar-refractivity contribution in [2.24, 2.45) is 0 Å². The fourth-order valence-corrected chi connectivity index (χ4v) is 4.09. The second-order valence-corrected chi connectivity index (χ2v) is 6.80. The number of hydrogen-bond acceptors (Lipinski definition) is 3. The number of carboxylic acids is 1. The Labute approximate surface area is 132 Å². The van der Waals surface area contributed by atoms with Gasteiger partial charge in [-0.2, -0.15) is 0 Å². The summed E-state index contributed by atoms with van der Waals surface area (Å²) < 4.78 is 2.23. The second-order valence-electron chi connectivity index (χ2n) is 5.45. The Morgan fingerprint density at radius 1 is 1.52 bits per heavy atom. The number of para-hydroxylation sites is 1. The Morgan fingerprint density at radius 3 is 2.86 bits per heavy atom. The number of halogens is 1. The number of aromatic nitrogens is 2. The SMILES string of the molecule is CCC1(n2c(SCC(=O)O)nc3c(Cl)cccc32)CCC1. The molecular weight excluding hydrogens is 308 g/mol. The molecule has 6 heteroatoms. The molecule has 0 bridgehead atoms. The number of imidazole rings is 1. The van der Waals surface area contributed by atoms with E-state index in [1.807, 2.05) is 18.2 Å². The van der Waals surface area contributed by atoms with Gasteiger partial charge in [0.25, 0.3) is 0 Å². The highest BCUT2D eigenvalue weighted by atomic mass is 35.5. The summed E-state index contributed by atoms with van der Waals surface area (Å²) >= 11 is 7.53. The molecule has 0 amide bonds. The Morgan fingerprint density at radius 2 is 2.29 bits per heavy atom. The lowest BCUT2D eigenvalue weighted by molar-refractivity contribution is -0.133. The molecule has 0 atom stereocenters. The van der Waals surface area contributed by atoms with Crippen molar-refractivity contribution in [3.63, 3.8) is 0 Å². The quantitative estimate of drug-likeness (QED) is 0.839. The van der Waals surface area contributed by atoms with Crippen molar-refractivity contribution < 1.29 is 9.90 Å². The van der Waals surface area contributed by atoms with E-state index in [-0.39, 0.29) is 11.3 Å². The van der Waals surface area contributed by atoms with Gasteiger partial charge in [-0.1, -0.05) is 36.4 Å². The second kappa shape index (κ2) is 5.54. The number of fused-ring (bicyclic) bond motifs is 1. The van der Waals surface area contributed by atoms with Gasteiger partial charge in [-0.15, -0.1) is 0 Å². The third-order valence-electron chi connectivity index (χ3n) is 4.35. The molecule has 1 N–H and O–H groups in total. The van der Waals surface area contributed by atoms with E-state index >= 15 is 0 Å². The summed E-state index contributed by atoms with van der Waals surface area (Å²) in [7, 11) is 0. The minimum atomic E-state index is -0.830. The first-order valence-corrected chi connectivity index (χ1v) is 8.46. The maximum Gasteiger partial charge on any atom is 0.313 e. The minimum absolute atomic E-state index is 0.0146. The molecule has 1 aliphatic carbocycles. The first kappa shape index (κ1) is 14.7. The Bertz CT molecular complexity index is 689. The summed E-state index contributed by atoms with van der Waals surface area (Å²) in [4.78, 5) is 15.5. The molecule has 0 spiro atoms. The van der Waals surface area contributed by atoms with Crippen molar-refractivity contribution in [1.82, 2.24) is 9.55 Å². The van der Waals surface area contributed by atoms with Gasteiger partial charge in [0, 0.05) is 5.54 Å². The zero-order chi connectivity index (χ0) is 15.0. The number of thioether (sulfide) groups is 1. The predicted molar refractivity (Wildman–Crippen MR) is 85.2 cm³/mol. The van der Waals surface area contributed by atoms with Crippen LogP contribution in [0.15, 0.2) is 23.4 Å². The molecule has 2 aromatic rings. The van der Waals surface area contributed by atoms with Gasteiger partial charge in [-0.3, -0.25) is 4.79 Å². The van der Waals surface area contributed by atoms with Crippen LogP contribution in [0.1, 0.15) is 32.6 Å². The zero-order valence-electron chi connectivity index (χ0n) is 11.8. The van der Waals surface area contributed by atoms with Crippen molar-refractivity contribution in [2.75, 3.05) is 5.75 Å². The van der Waals surface area contributed by atoms with Crippen molar-refractivity contribution in [2.45, 2.75) is 43.3 Å². The molecule has 0 radical (unpaired) electrons. The highest BCUT2D eigenvalue weighted by Gasteiger charge is 2.40. The highest BCUT2D eigenvalue weighted by Crippen LogP contribution is 2.46. The number of carboxylic acid groups (broad SMARTS) is 1. The van der Waals surface area contributed by atoms with Crippen LogP contribution in [0.2, 0.25) is 5.02 Å². The van der Waals surface area contributed by atoms with Crippen molar-refractivity contribution >= 4 is 40.4 Å². The summed E-state index contributed by atoms with van der Waals surface area (Å²) in [6.45, 7) is 2.18. The molecule has 1 saturated carbocycles. The van der Waals surface area contributed by atoms with Crippen molar-refractivity contribution in [3.05, 3.63) is 23.2 Å². The topological polar surface area (TPSA) is 55.1 Å². The van der Waals surface area contributed by atoms with Gasteiger partial charge >= 0.3 is 5.97 Å². The van der Waals surface area contributed by atoms with Crippen molar-refractivity contribution in [1.29, 1.82) is 0 Å². The summed E-state index contributed by atoms with van der Waals surface area (Å²) in [6.07, 6.45) is 4.45. The van der Waals surface area contributed by atoms with E-state index in [0.29, 0.717) is 5.02 Å². The van der Waals surface area contributed by atoms with Crippen LogP contribution in [0.3, 0.4) is 0 Å². The lowest BCUT2D eigenvalue weighted by Gasteiger charge is -2.43. The van der Waals surface area contributed by atoms with E-state index in [4.69, 9.17) is 16.7 Å². The Kier molecular flexibility index (Phi) is 3.88. The molecular formula is C15H17ClN2O2S. The number of rotatable bonds is 5. The maximum atomic E-state index is 10.9. The summed E-state index contributed by atoms with van der Waals surface area (Å²) in [5.74, 6) is -0.815. The normalized spacial score (nSPS) is 16.9. The summed E-state index contributed by atoms with van der Waals surface area (Å²) in [5, 5.41) is 10.3. The molecule has 1 fully saturated rings. The highest BCUT2D eigenvalue weighted by molar-refractivity contribution is 7.99. The first-order chi connectivity index (χ1) is 10.1. The maximum absolute atomic E-state index is 10.9. The van der Waals surface area contributed by atoms with E-state index in [1.54, 1.807) is 0 Å². The third kappa shape index (κ3) is 2.42. The smallest absolute Gasteiger partial charge is 0.313 e. The Balaban J connectivity index is 2.16. The van der Waals surface area contributed by atoms with Crippen LogP contribution >= 0.6 is 23.4 Å². The molecule has 1 heterocycles. The van der Waals surface area contributed by atoms with E-state index in [2.05, 4.69) is 16.5 Å². The van der Waals surface area contributed by atoms with Crippen LogP contribution in [-0.2, 0) is 10.3 Å². The summed E-state index contributed by atoms with van der Waals surface area (Å²) in [5.41, 5.74) is 1.85. The molecule has 0 unspecified atom stereocenters. The van der Waals surface area contributed by atoms with Gasteiger partial charge in [-0.05, 0) is 37.8 Å². The minimum Gasteiger partial charge on any atom is -0.481 e. The first-order valence-electron chi connectivity index (χ1n) is 7.09. The molecule has 1 aromatic heterocycles. The fraction of sp³-hybridized carbons (Fsp3) is 0.467. The van der Waals surface area contributed by atoms with E-state index in [1.165, 1.54) is 18.2 Å². The van der Waals surface area contributed by atoms with Crippen LogP contribution in [0.25, 0.3) is 11.0 Å². The summed E-state index contributed by atoms with van der Waals surface area (Å²) in [6, 6.07) is 5.78. The number of carbonyl (C=O) groups is 1. The number of nitrogens with zero attached hydrogens (tertiary/aromatic N) is 2. The molecule has 4 nitrogen and oxygen atoms in total. The van der Waals surface area contributed by atoms with Crippen LogP contribution in [0.4, 0.5) is 0 Å². The fourth-order valence-electron chi connectivity index (χ4n) is 3.05. The lowest BCUT2D eigenvalue weighted by Crippen LogP contribution is -2.40. The molecule has 0 aliphatic heterocycles. The zero-order valence-corrected chi connectivity index (χ0v) is 13.4. The monoisotopic (exact) mass is 324 g/mol. The molecule has 3 rings (SSSR count). The number of aliphatic carboxylic acids is 1. The van der Waals surface area contributed by atoms with Gasteiger partial charge in [0.2, 0.25) is 0 Å². The Hall–Kier alpha value is -1.20. The van der Waals surface area contributed by atoms with Gasteiger partial charge in [0.15, 0.2) is 5.16 Å². The largest absolute Gasteiger partial charge is 0.481 e. The standard InChI is InChI=1S/C15H17ClN2O2S/c1-2-15(7-4-8-15)18-11-6-3-5-10(16)13(11)17-14(18)21-9-12(19)20/h3,5-6H,2,4,7-9H2,1H3,(H,19,20). The average Bonchev–Trinajstić information content (AvgIpc) is 2.77. The van der Waals surface area contributed by atoms with Crippen LogP contribution in [0, 0.1) is 0 Å². The molecule has 112 valence electrons. The van der Waals surface area contributed by atoms with E-state index < -0.39 is 5.97 Å². The molecule has 1 aliphatic rings.